The smallest absolute Gasteiger partial charge is 0.251 e. The van der Waals surface area contributed by atoms with Gasteiger partial charge < -0.3 is 15.5 Å². The summed E-state index contributed by atoms with van der Waals surface area (Å²) in [6.07, 6.45) is 1.65. The molecule has 0 bridgehead atoms. The van der Waals surface area contributed by atoms with Crippen molar-refractivity contribution in [3.63, 3.8) is 0 Å². The summed E-state index contributed by atoms with van der Waals surface area (Å²) in [5.74, 6) is 0.627. The van der Waals surface area contributed by atoms with Crippen LogP contribution in [-0.4, -0.2) is 43.0 Å². The van der Waals surface area contributed by atoms with Gasteiger partial charge >= 0.3 is 0 Å². The van der Waals surface area contributed by atoms with Gasteiger partial charge in [0.15, 0.2) is 0 Å². The Labute approximate surface area is 137 Å². The van der Waals surface area contributed by atoms with Crippen molar-refractivity contribution in [2.24, 2.45) is 0 Å². The first-order valence-electron chi connectivity index (χ1n) is 7.73. The Morgan fingerprint density at radius 3 is 2.74 bits per heavy atom. The summed E-state index contributed by atoms with van der Waals surface area (Å²) in [5.41, 5.74) is 2.91. The van der Waals surface area contributed by atoms with E-state index < -0.39 is 0 Å². The second-order valence-corrected chi connectivity index (χ2v) is 5.77. The number of nitrogens with zero attached hydrogens (tertiary/aromatic N) is 2. The van der Waals surface area contributed by atoms with Crippen molar-refractivity contribution in [2.75, 3.05) is 32.5 Å². The number of amides is 1. The van der Waals surface area contributed by atoms with E-state index in [0.717, 1.165) is 24.5 Å². The largest absolute Gasteiger partial charge is 0.369 e. The zero-order valence-corrected chi connectivity index (χ0v) is 14.0. The van der Waals surface area contributed by atoms with Crippen LogP contribution in [0, 0.1) is 6.92 Å². The van der Waals surface area contributed by atoms with Crippen molar-refractivity contribution in [1.82, 2.24) is 15.2 Å². The molecule has 0 aliphatic carbocycles. The average molecular weight is 312 g/mol. The number of anilines is 1. The molecular weight excluding hydrogens is 288 g/mol. The summed E-state index contributed by atoms with van der Waals surface area (Å²) in [4.78, 5) is 18.6. The number of carbonyl (C=O) groups is 1. The van der Waals surface area contributed by atoms with Crippen LogP contribution in [0.4, 0.5) is 5.82 Å². The van der Waals surface area contributed by atoms with Crippen LogP contribution in [0.2, 0.25) is 0 Å². The summed E-state index contributed by atoms with van der Waals surface area (Å²) in [7, 11) is 4.04. The molecule has 5 nitrogen and oxygen atoms in total. The number of rotatable bonds is 7. The fraction of sp³-hybridized carbons (Fsp3) is 0.333. The first-order chi connectivity index (χ1) is 11.1. The number of likely N-dealkylation sites (N-methyl/N-ethyl adjacent to an activating group) is 1. The van der Waals surface area contributed by atoms with Crippen LogP contribution < -0.4 is 10.6 Å². The third kappa shape index (κ3) is 5.38. The highest BCUT2D eigenvalue weighted by molar-refractivity contribution is 5.94. The maximum atomic E-state index is 12.3. The van der Waals surface area contributed by atoms with E-state index in [9.17, 15) is 4.79 Å². The molecule has 2 aromatic rings. The Hall–Kier alpha value is -2.40. The van der Waals surface area contributed by atoms with E-state index in [-0.39, 0.29) is 5.91 Å². The van der Waals surface area contributed by atoms with Crippen LogP contribution in [0.15, 0.2) is 42.6 Å². The topological polar surface area (TPSA) is 57.3 Å². The van der Waals surface area contributed by atoms with Crippen molar-refractivity contribution < 1.29 is 4.79 Å². The lowest BCUT2D eigenvalue weighted by Gasteiger charge is -2.12. The predicted molar refractivity (Wildman–Crippen MR) is 93.6 cm³/mol. The predicted octanol–water partition coefficient (Wildman–Crippen LogP) is 2.29. The van der Waals surface area contributed by atoms with Crippen LogP contribution in [-0.2, 0) is 6.54 Å². The maximum Gasteiger partial charge on any atom is 0.251 e. The van der Waals surface area contributed by atoms with Gasteiger partial charge in [0, 0.05) is 31.4 Å². The van der Waals surface area contributed by atoms with E-state index >= 15 is 0 Å². The quantitative estimate of drug-likeness (QED) is 0.823. The SMILES string of the molecule is Cc1ccccc1CNC(=O)c1ccnc(NCCN(C)C)c1. The average Bonchev–Trinajstić information content (AvgIpc) is 2.54. The maximum absolute atomic E-state index is 12.3. The van der Waals surface area contributed by atoms with Crippen molar-refractivity contribution in [2.45, 2.75) is 13.5 Å². The van der Waals surface area contributed by atoms with Gasteiger partial charge in [-0.2, -0.15) is 0 Å². The van der Waals surface area contributed by atoms with E-state index in [4.69, 9.17) is 0 Å². The van der Waals surface area contributed by atoms with Gasteiger partial charge in [0.25, 0.3) is 5.91 Å². The lowest BCUT2D eigenvalue weighted by Crippen LogP contribution is -2.24. The minimum absolute atomic E-state index is 0.0914. The van der Waals surface area contributed by atoms with Crippen molar-refractivity contribution in [3.8, 4) is 0 Å². The van der Waals surface area contributed by atoms with Crippen molar-refractivity contribution in [3.05, 3.63) is 59.3 Å². The molecule has 1 aromatic heterocycles. The molecule has 23 heavy (non-hydrogen) atoms. The second-order valence-electron chi connectivity index (χ2n) is 5.77. The molecule has 2 rings (SSSR count). The van der Waals surface area contributed by atoms with E-state index in [0.29, 0.717) is 12.1 Å². The molecule has 0 fully saturated rings. The fourth-order valence-electron chi connectivity index (χ4n) is 2.16. The molecule has 1 amide bonds. The lowest BCUT2D eigenvalue weighted by atomic mass is 10.1. The van der Waals surface area contributed by atoms with Crippen molar-refractivity contribution >= 4 is 11.7 Å². The van der Waals surface area contributed by atoms with Gasteiger partial charge in [0.05, 0.1) is 0 Å². The van der Waals surface area contributed by atoms with Gasteiger partial charge in [-0.05, 0) is 44.3 Å². The fourth-order valence-corrected chi connectivity index (χ4v) is 2.16. The number of nitrogens with one attached hydrogen (secondary N) is 2. The monoisotopic (exact) mass is 312 g/mol. The van der Waals surface area contributed by atoms with Gasteiger partial charge in [-0.3, -0.25) is 4.79 Å². The van der Waals surface area contributed by atoms with Gasteiger partial charge in [-0.25, -0.2) is 4.98 Å². The Balaban J connectivity index is 1.93. The molecule has 1 heterocycles. The molecule has 0 saturated carbocycles. The molecule has 0 saturated heterocycles. The number of carbonyl (C=O) groups excluding carboxylic acids is 1. The normalized spacial score (nSPS) is 10.6. The lowest BCUT2D eigenvalue weighted by molar-refractivity contribution is 0.0951. The first kappa shape index (κ1) is 17.0. The number of hydrogen-bond donors (Lipinski definition) is 2. The summed E-state index contributed by atoms with van der Waals surface area (Å²) < 4.78 is 0. The number of pyridine rings is 1. The standard InChI is InChI=1S/C18H24N4O/c1-14-6-4-5-7-16(14)13-21-18(23)15-8-9-19-17(12-15)20-10-11-22(2)3/h4-9,12H,10-11,13H2,1-3H3,(H,19,20)(H,21,23). The third-order valence-corrected chi connectivity index (χ3v) is 3.59. The Morgan fingerprint density at radius 1 is 1.22 bits per heavy atom. The highest BCUT2D eigenvalue weighted by Gasteiger charge is 2.07. The van der Waals surface area contributed by atoms with E-state index in [1.807, 2.05) is 45.3 Å². The second kappa shape index (κ2) is 8.29. The van der Waals surface area contributed by atoms with Crippen LogP contribution in [0.3, 0.4) is 0 Å². The number of benzene rings is 1. The molecule has 0 aliphatic heterocycles. The molecule has 122 valence electrons. The number of hydrogen-bond acceptors (Lipinski definition) is 4. The zero-order valence-electron chi connectivity index (χ0n) is 14.0. The van der Waals surface area contributed by atoms with Crippen LogP contribution >= 0.6 is 0 Å². The van der Waals surface area contributed by atoms with Gasteiger partial charge in [0.2, 0.25) is 0 Å². The van der Waals surface area contributed by atoms with Crippen molar-refractivity contribution in [1.29, 1.82) is 0 Å². The Kier molecular flexibility index (Phi) is 6.11. The van der Waals surface area contributed by atoms with Gasteiger partial charge in [0.1, 0.15) is 5.82 Å². The minimum atomic E-state index is -0.0914. The summed E-state index contributed by atoms with van der Waals surface area (Å²) in [5, 5.41) is 6.18. The molecule has 0 spiro atoms. The zero-order chi connectivity index (χ0) is 16.7. The molecule has 2 N–H and O–H groups in total. The van der Waals surface area contributed by atoms with Crippen LogP contribution in [0.5, 0.6) is 0 Å². The van der Waals surface area contributed by atoms with Gasteiger partial charge in [-0.1, -0.05) is 24.3 Å². The van der Waals surface area contributed by atoms with E-state index in [2.05, 4.69) is 20.5 Å². The van der Waals surface area contributed by atoms with Crippen LogP contribution in [0.1, 0.15) is 21.5 Å². The molecule has 0 atom stereocenters. The molecule has 0 aliphatic rings. The highest BCUT2D eigenvalue weighted by atomic mass is 16.1. The number of aromatic nitrogens is 1. The highest BCUT2D eigenvalue weighted by Crippen LogP contribution is 2.09. The Bertz CT molecular complexity index is 655. The third-order valence-electron chi connectivity index (χ3n) is 3.59. The molecule has 5 heteroatoms. The summed E-state index contributed by atoms with van der Waals surface area (Å²) in [6, 6.07) is 11.5. The molecule has 0 unspecified atom stereocenters. The summed E-state index contributed by atoms with van der Waals surface area (Å²) in [6.45, 7) is 4.26. The molecule has 1 aromatic carbocycles. The summed E-state index contributed by atoms with van der Waals surface area (Å²) >= 11 is 0. The molecular formula is C18H24N4O. The van der Waals surface area contributed by atoms with Gasteiger partial charge in [-0.15, -0.1) is 0 Å². The van der Waals surface area contributed by atoms with E-state index in [1.165, 1.54) is 5.56 Å². The molecule has 0 radical (unpaired) electrons. The Morgan fingerprint density at radius 2 is 2.00 bits per heavy atom. The minimum Gasteiger partial charge on any atom is -0.369 e. The first-order valence-corrected chi connectivity index (χ1v) is 7.73. The van der Waals surface area contributed by atoms with Crippen LogP contribution in [0.25, 0.3) is 0 Å². The van der Waals surface area contributed by atoms with E-state index in [1.54, 1.807) is 18.3 Å². The number of aryl methyl sites for hydroxylation is 1.